The normalized spacial score (nSPS) is 15.0. The molecule has 1 atom stereocenters. The number of amides is 1. The first kappa shape index (κ1) is 23.7. The summed E-state index contributed by atoms with van der Waals surface area (Å²) < 4.78 is 3.59. The molecule has 0 unspecified atom stereocenters. The number of nitrogen functional groups attached to an aromatic ring is 1. The minimum atomic E-state index is -0.524. The van der Waals surface area contributed by atoms with Crippen LogP contribution in [0.2, 0.25) is 0 Å². The van der Waals surface area contributed by atoms with Crippen molar-refractivity contribution in [2.75, 3.05) is 18.8 Å². The van der Waals surface area contributed by atoms with E-state index in [2.05, 4.69) is 35.9 Å². The van der Waals surface area contributed by atoms with E-state index in [0.717, 1.165) is 42.8 Å². The van der Waals surface area contributed by atoms with Crippen LogP contribution in [0.15, 0.2) is 61.1 Å². The predicted molar refractivity (Wildman–Crippen MR) is 141 cm³/mol. The highest BCUT2D eigenvalue weighted by Crippen LogP contribution is 2.24. The molecule has 1 amide bonds. The van der Waals surface area contributed by atoms with Crippen molar-refractivity contribution in [1.29, 1.82) is 0 Å². The number of fused-ring (bicyclic) bond motifs is 1. The summed E-state index contributed by atoms with van der Waals surface area (Å²) in [6, 6.07) is 13.4. The number of hydrogen-bond acceptors (Lipinski definition) is 9. The van der Waals surface area contributed by atoms with E-state index in [1.54, 1.807) is 16.9 Å². The number of piperidine rings is 1. The molecule has 1 aliphatic heterocycles. The smallest absolute Gasteiger partial charge is 0.274 e. The number of hydrogen-bond donors (Lipinski definition) is 3. The average Bonchev–Trinajstić information content (AvgIpc) is 3.62. The van der Waals surface area contributed by atoms with Gasteiger partial charge in [-0.15, -0.1) is 10.2 Å². The Labute approximate surface area is 218 Å². The second-order valence-corrected chi connectivity index (χ2v) is 9.29. The van der Waals surface area contributed by atoms with Crippen LogP contribution in [0.25, 0.3) is 28.2 Å². The van der Waals surface area contributed by atoms with Gasteiger partial charge in [-0.3, -0.25) is 9.48 Å². The molecule has 192 valence electrons. The van der Waals surface area contributed by atoms with Crippen molar-refractivity contribution in [2.45, 2.75) is 31.8 Å². The molecule has 5 aromatic rings. The Bertz CT molecular complexity index is 1590. The number of nitrogens with zero attached hydrogens (tertiary/aromatic N) is 8. The molecule has 1 aliphatic rings. The first-order valence-electron chi connectivity index (χ1n) is 12.5. The molecule has 0 radical (unpaired) electrons. The molecule has 4 aromatic heterocycles. The molecule has 12 nitrogen and oxygen atoms in total. The van der Waals surface area contributed by atoms with Crippen molar-refractivity contribution >= 4 is 17.4 Å². The fourth-order valence-electron chi connectivity index (χ4n) is 4.61. The van der Waals surface area contributed by atoms with E-state index < -0.39 is 11.9 Å². The first-order valence-corrected chi connectivity index (χ1v) is 12.5. The molecule has 6 rings (SSSR count). The van der Waals surface area contributed by atoms with Gasteiger partial charge in [0.2, 0.25) is 0 Å². The molecule has 38 heavy (non-hydrogen) atoms. The van der Waals surface area contributed by atoms with Crippen molar-refractivity contribution in [2.24, 2.45) is 0 Å². The highest BCUT2D eigenvalue weighted by Gasteiger charge is 2.22. The van der Waals surface area contributed by atoms with Crippen LogP contribution >= 0.6 is 0 Å². The van der Waals surface area contributed by atoms with Gasteiger partial charge >= 0.3 is 0 Å². The highest BCUT2D eigenvalue weighted by molar-refractivity contribution is 5.97. The van der Waals surface area contributed by atoms with Gasteiger partial charge in [0, 0.05) is 17.3 Å². The van der Waals surface area contributed by atoms with Gasteiger partial charge in [-0.2, -0.15) is 14.7 Å². The SMILES string of the molecule is C[C@@H](NC(=O)c1nc(-c2cnn(C3CCNCC3)c2)cnc1N)c1nnc2ccc(-c3ccccc3)nn12. The van der Waals surface area contributed by atoms with Crippen LogP contribution in [0.5, 0.6) is 0 Å². The number of rotatable bonds is 6. The molecule has 1 aromatic carbocycles. The second-order valence-electron chi connectivity index (χ2n) is 9.29. The molecule has 12 heteroatoms. The van der Waals surface area contributed by atoms with E-state index in [-0.39, 0.29) is 11.5 Å². The molecule has 5 heterocycles. The third-order valence-corrected chi connectivity index (χ3v) is 6.69. The average molecular weight is 510 g/mol. The molecular formula is C26H27N11O. The molecule has 0 bridgehead atoms. The Hall–Kier alpha value is -4.71. The summed E-state index contributed by atoms with van der Waals surface area (Å²) in [5.74, 6) is 0.0583. The minimum Gasteiger partial charge on any atom is -0.382 e. The molecular weight excluding hydrogens is 482 g/mol. The summed E-state index contributed by atoms with van der Waals surface area (Å²) in [7, 11) is 0. The lowest BCUT2D eigenvalue weighted by Crippen LogP contribution is -2.30. The fourth-order valence-corrected chi connectivity index (χ4v) is 4.61. The minimum absolute atomic E-state index is 0.0377. The van der Waals surface area contributed by atoms with Gasteiger partial charge in [0.05, 0.1) is 35.9 Å². The van der Waals surface area contributed by atoms with Crippen LogP contribution in [0.3, 0.4) is 0 Å². The van der Waals surface area contributed by atoms with E-state index >= 15 is 0 Å². The zero-order chi connectivity index (χ0) is 26.1. The van der Waals surface area contributed by atoms with E-state index in [4.69, 9.17) is 10.8 Å². The van der Waals surface area contributed by atoms with Crippen molar-refractivity contribution in [3.05, 3.63) is 72.6 Å². The lowest BCUT2D eigenvalue weighted by Gasteiger charge is -2.22. The van der Waals surface area contributed by atoms with Crippen molar-refractivity contribution in [3.8, 4) is 22.5 Å². The number of nitrogens with two attached hydrogens (primary N) is 1. The topological polar surface area (TPSA) is 154 Å². The van der Waals surface area contributed by atoms with Crippen LogP contribution in [0, 0.1) is 0 Å². The molecule has 1 fully saturated rings. The van der Waals surface area contributed by atoms with Crippen LogP contribution in [-0.2, 0) is 0 Å². The third-order valence-electron chi connectivity index (χ3n) is 6.69. The van der Waals surface area contributed by atoms with E-state index in [0.29, 0.717) is 23.2 Å². The maximum absolute atomic E-state index is 13.2. The number of carbonyl (C=O) groups excluding carboxylic acids is 1. The van der Waals surface area contributed by atoms with E-state index in [1.807, 2.05) is 60.3 Å². The predicted octanol–water partition coefficient (Wildman–Crippen LogP) is 2.44. The van der Waals surface area contributed by atoms with Gasteiger partial charge < -0.3 is 16.4 Å². The van der Waals surface area contributed by atoms with Crippen LogP contribution < -0.4 is 16.4 Å². The van der Waals surface area contributed by atoms with Crippen molar-refractivity contribution in [1.82, 2.24) is 50.2 Å². The Morgan fingerprint density at radius 2 is 1.87 bits per heavy atom. The summed E-state index contributed by atoms with van der Waals surface area (Å²) in [5, 5.41) is 23.9. The monoisotopic (exact) mass is 509 g/mol. The van der Waals surface area contributed by atoms with E-state index in [1.165, 1.54) is 0 Å². The molecule has 4 N–H and O–H groups in total. The maximum Gasteiger partial charge on any atom is 0.274 e. The number of anilines is 1. The Balaban J connectivity index is 1.23. The zero-order valence-corrected chi connectivity index (χ0v) is 20.8. The summed E-state index contributed by atoms with van der Waals surface area (Å²) in [5.41, 5.74) is 9.71. The lowest BCUT2D eigenvalue weighted by molar-refractivity contribution is 0.0933. The first-order chi connectivity index (χ1) is 18.6. The summed E-state index contributed by atoms with van der Waals surface area (Å²) in [4.78, 5) is 22.0. The van der Waals surface area contributed by atoms with Crippen molar-refractivity contribution in [3.63, 3.8) is 0 Å². The van der Waals surface area contributed by atoms with Gasteiger partial charge in [-0.1, -0.05) is 30.3 Å². The van der Waals surface area contributed by atoms with Crippen LogP contribution in [-0.4, -0.2) is 58.6 Å². The highest BCUT2D eigenvalue weighted by atomic mass is 16.2. The lowest BCUT2D eigenvalue weighted by atomic mass is 10.1. The number of carbonyl (C=O) groups is 1. The zero-order valence-electron chi connectivity index (χ0n) is 20.8. The Morgan fingerprint density at radius 3 is 2.68 bits per heavy atom. The van der Waals surface area contributed by atoms with Gasteiger partial charge in [0.25, 0.3) is 5.91 Å². The van der Waals surface area contributed by atoms with Crippen LogP contribution in [0.1, 0.15) is 48.2 Å². The number of benzene rings is 1. The summed E-state index contributed by atoms with van der Waals surface area (Å²) in [6.07, 6.45) is 7.27. The van der Waals surface area contributed by atoms with Gasteiger partial charge in [-0.05, 0) is 45.0 Å². The molecule has 0 spiro atoms. The van der Waals surface area contributed by atoms with Gasteiger partial charge in [0.15, 0.2) is 23.0 Å². The summed E-state index contributed by atoms with van der Waals surface area (Å²) >= 11 is 0. The second kappa shape index (κ2) is 9.98. The molecule has 0 aliphatic carbocycles. The van der Waals surface area contributed by atoms with E-state index in [9.17, 15) is 4.79 Å². The van der Waals surface area contributed by atoms with Gasteiger partial charge in [0.1, 0.15) is 0 Å². The molecule has 1 saturated heterocycles. The Kier molecular flexibility index (Phi) is 6.22. The van der Waals surface area contributed by atoms with Crippen LogP contribution in [0.4, 0.5) is 5.82 Å². The summed E-state index contributed by atoms with van der Waals surface area (Å²) in [6.45, 7) is 3.74. The quantitative estimate of drug-likeness (QED) is 0.313. The fraction of sp³-hybridized carbons (Fsp3) is 0.269. The number of nitrogens with one attached hydrogen (secondary N) is 2. The number of aromatic nitrogens is 8. The molecule has 0 saturated carbocycles. The third kappa shape index (κ3) is 4.57. The van der Waals surface area contributed by atoms with Gasteiger partial charge in [-0.25, -0.2) is 9.97 Å². The van der Waals surface area contributed by atoms with Crippen molar-refractivity contribution < 1.29 is 4.79 Å². The Morgan fingerprint density at radius 1 is 1.05 bits per heavy atom. The largest absolute Gasteiger partial charge is 0.382 e. The maximum atomic E-state index is 13.2. The standard InChI is InChI=1S/C26H27N11O/c1-16(25-34-33-22-8-7-20(35-37(22)25)17-5-3-2-4-6-17)31-26(38)23-24(27)29-14-21(32-23)18-13-30-36(15-18)19-9-11-28-12-10-19/h2-8,13-16,19,28H,9-12H2,1H3,(H2,27,29)(H,31,38)/t16-/m1/s1.